The molecule has 0 spiro atoms. The molecule has 0 aromatic carbocycles. The number of allylic oxidation sites excluding steroid dienone is 1. The third-order valence-electron chi connectivity index (χ3n) is 3.03. The average Bonchev–Trinajstić information content (AvgIpc) is 2.23. The van der Waals surface area contributed by atoms with Crippen LogP contribution in [-0.4, -0.2) is 21.9 Å². The normalized spacial score (nSPS) is 14.5. The Kier molecular flexibility index (Phi) is 7.42. The number of hydrogen-bond donors (Lipinski definition) is 3. The highest BCUT2D eigenvalue weighted by Crippen LogP contribution is 2.22. The van der Waals surface area contributed by atoms with Crippen LogP contribution in [0.5, 0.6) is 0 Å². The Morgan fingerprint density at radius 2 is 1.53 bits per heavy atom. The van der Waals surface area contributed by atoms with E-state index in [1.165, 1.54) is 0 Å². The molecule has 0 aromatic rings. The molecular weight excluding hydrogens is 242 g/mol. The topological polar surface area (TPSA) is 81.4 Å². The van der Waals surface area contributed by atoms with Gasteiger partial charge >= 0.3 is 5.97 Å². The zero-order valence-electron chi connectivity index (χ0n) is 12.7. The van der Waals surface area contributed by atoms with E-state index in [9.17, 15) is 15.0 Å². The molecule has 0 aliphatic heterocycles. The van der Waals surface area contributed by atoms with Crippen LogP contribution in [0.15, 0.2) is 11.3 Å². The van der Waals surface area contributed by atoms with Crippen molar-refractivity contribution in [2.45, 2.75) is 53.9 Å². The second kappa shape index (κ2) is 7.97. The number of rotatable bonds is 8. The van der Waals surface area contributed by atoms with Crippen LogP contribution < -0.4 is 0 Å². The van der Waals surface area contributed by atoms with Gasteiger partial charge in [-0.15, -0.1) is 0 Å². The Morgan fingerprint density at radius 3 is 1.89 bits per heavy atom. The lowest BCUT2D eigenvalue weighted by molar-refractivity contribution is -0.132. The van der Waals surface area contributed by atoms with Gasteiger partial charge in [0, 0.05) is 11.6 Å². The first-order valence-corrected chi connectivity index (χ1v) is 6.91. The third-order valence-corrected chi connectivity index (χ3v) is 3.03. The molecule has 0 bridgehead atoms. The molecule has 0 aliphatic rings. The largest absolute Gasteiger partial charge is 0.511 e. The van der Waals surface area contributed by atoms with Crippen molar-refractivity contribution in [3.63, 3.8) is 0 Å². The van der Waals surface area contributed by atoms with Crippen molar-refractivity contribution in [1.82, 2.24) is 0 Å². The van der Waals surface area contributed by atoms with Crippen LogP contribution in [0.2, 0.25) is 0 Å². The summed E-state index contributed by atoms with van der Waals surface area (Å²) in [5, 5.41) is 27.1. The molecule has 0 saturated heterocycles. The van der Waals surface area contributed by atoms with Gasteiger partial charge in [-0.2, -0.15) is 0 Å². The summed E-state index contributed by atoms with van der Waals surface area (Å²) in [5.41, 5.74) is -0.207. The van der Waals surface area contributed by atoms with Gasteiger partial charge in [0.05, 0.1) is 0 Å². The van der Waals surface area contributed by atoms with Gasteiger partial charge in [-0.05, 0) is 24.7 Å². The molecule has 0 saturated carbocycles. The lowest BCUT2D eigenvalue weighted by atomic mass is 9.92. The molecule has 110 valence electrons. The summed E-state index contributed by atoms with van der Waals surface area (Å²) >= 11 is 0. The fourth-order valence-corrected chi connectivity index (χ4v) is 1.87. The summed E-state index contributed by atoms with van der Waals surface area (Å²) in [4.78, 5) is 11.2. The highest BCUT2D eigenvalue weighted by molar-refractivity contribution is 6.18. The maximum Gasteiger partial charge on any atom is 0.340 e. The van der Waals surface area contributed by atoms with Crippen molar-refractivity contribution in [2.75, 3.05) is 0 Å². The predicted octanol–water partition coefficient (Wildman–Crippen LogP) is 4.02. The minimum absolute atomic E-state index is 0.0106. The van der Waals surface area contributed by atoms with E-state index in [1.54, 1.807) is 0 Å². The van der Waals surface area contributed by atoms with Gasteiger partial charge in [0.25, 0.3) is 0 Å². The Balaban J connectivity index is 5.05. The van der Waals surface area contributed by atoms with Gasteiger partial charge in [-0.25, -0.2) is 4.79 Å². The minimum Gasteiger partial charge on any atom is -0.511 e. The molecule has 4 heteroatoms. The fourth-order valence-electron chi connectivity index (χ4n) is 1.87. The van der Waals surface area contributed by atoms with E-state index >= 15 is 0 Å². The maximum absolute atomic E-state index is 11.2. The van der Waals surface area contributed by atoms with Gasteiger partial charge in [-0.1, -0.05) is 41.0 Å². The number of hydrogen-bond acceptors (Lipinski definition) is 3. The first-order valence-electron chi connectivity index (χ1n) is 6.91. The van der Waals surface area contributed by atoms with E-state index < -0.39 is 5.97 Å². The molecule has 0 radical (unpaired) electrons. The van der Waals surface area contributed by atoms with Crippen LogP contribution in [-0.2, 0) is 4.79 Å². The zero-order valence-corrected chi connectivity index (χ0v) is 12.7. The summed E-state index contributed by atoms with van der Waals surface area (Å²) in [6.07, 6.45) is 2.02. The Morgan fingerprint density at radius 1 is 1.00 bits per heavy atom. The Hall–Kier alpha value is -1.32. The fraction of sp³-hybridized carbons (Fsp3) is 0.733. The summed E-state index contributed by atoms with van der Waals surface area (Å²) in [6, 6.07) is 0. The minimum atomic E-state index is -1.21. The van der Waals surface area contributed by atoms with Crippen molar-refractivity contribution in [2.24, 2.45) is 17.8 Å². The predicted molar refractivity (Wildman–Crippen MR) is 77.7 cm³/mol. The average molecular weight is 269 g/mol. The highest BCUT2D eigenvalue weighted by Gasteiger charge is 2.23. The number of carboxylic acids is 1. The number of aliphatic hydroxyl groups excluding tert-OH is 1. The second-order valence-electron chi connectivity index (χ2n) is 6.01. The van der Waals surface area contributed by atoms with E-state index in [0.29, 0.717) is 12.3 Å². The van der Waals surface area contributed by atoms with E-state index in [4.69, 9.17) is 5.41 Å². The first kappa shape index (κ1) is 17.7. The van der Waals surface area contributed by atoms with Gasteiger partial charge in [-0.3, -0.25) is 0 Å². The quantitative estimate of drug-likeness (QED) is 0.353. The molecule has 0 amide bonds. The van der Waals surface area contributed by atoms with Crippen LogP contribution in [0.4, 0.5) is 0 Å². The monoisotopic (exact) mass is 269 g/mol. The van der Waals surface area contributed by atoms with Gasteiger partial charge in [0.2, 0.25) is 0 Å². The molecule has 1 unspecified atom stereocenters. The second-order valence-corrected chi connectivity index (χ2v) is 6.01. The molecule has 0 rings (SSSR count). The number of nitrogens with one attached hydrogen (secondary N) is 1. The van der Waals surface area contributed by atoms with Gasteiger partial charge in [0.15, 0.2) is 0 Å². The summed E-state index contributed by atoms with van der Waals surface area (Å²) in [6.45, 7) is 9.84. The number of aliphatic hydroxyl groups is 1. The van der Waals surface area contributed by atoms with Crippen LogP contribution in [0.3, 0.4) is 0 Å². The lowest BCUT2D eigenvalue weighted by Gasteiger charge is -2.16. The van der Waals surface area contributed by atoms with Crippen molar-refractivity contribution < 1.29 is 15.0 Å². The standard InChI is InChI=1S/C15H27NO3/c1-9(2)6-7-11(5)14(17)13(15(18)19)12(16)8-10(3)4/h9-11,16-17H,6-8H2,1-5H3,(H,18,19). The summed E-state index contributed by atoms with van der Waals surface area (Å²) in [5.74, 6) is -0.876. The third kappa shape index (κ3) is 6.41. The van der Waals surface area contributed by atoms with Gasteiger partial charge < -0.3 is 15.6 Å². The number of aliphatic carboxylic acids is 1. The molecule has 0 fully saturated rings. The van der Waals surface area contributed by atoms with Crippen molar-refractivity contribution in [1.29, 1.82) is 5.41 Å². The highest BCUT2D eigenvalue weighted by atomic mass is 16.4. The molecule has 19 heavy (non-hydrogen) atoms. The molecule has 4 nitrogen and oxygen atoms in total. The maximum atomic E-state index is 11.2. The van der Waals surface area contributed by atoms with Gasteiger partial charge in [0.1, 0.15) is 11.3 Å². The Bertz CT molecular complexity index is 356. The van der Waals surface area contributed by atoms with Crippen LogP contribution in [0.25, 0.3) is 0 Å². The summed E-state index contributed by atoms with van der Waals surface area (Å²) in [7, 11) is 0. The first-order chi connectivity index (χ1) is 8.66. The SMILES string of the molecule is CC(C)CCC(C)C(O)=C(C(=N)CC(C)C)C(=O)O. The van der Waals surface area contributed by atoms with Crippen LogP contribution in [0, 0.1) is 23.2 Å². The van der Waals surface area contributed by atoms with Crippen molar-refractivity contribution in [3.8, 4) is 0 Å². The van der Waals surface area contributed by atoms with E-state index in [1.807, 2.05) is 20.8 Å². The van der Waals surface area contributed by atoms with Crippen LogP contribution >= 0.6 is 0 Å². The van der Waals surface area contributed by atoms with E-state index in [0.717, 1.165) is 12.8 Å². The molecule has 0 heterocycles. The Labute approximate surface area is 116 Å². The van der Waals surface area contributed by atoms with Crippen molar-refractivity contribution >= 4 is 11.7 Å². The number of carboxylic acid groups (broad SMARTS) is 1. The molecule has 0 aliphatic carbocycles. The van der Waals surface area contributed by atoms with Crippen LogP contribution in [0.1, 0.15) is 53.9 Å². The zero-order chi connectivity index (χ0) is 15.2. The molecule has 0 aromatic heterocycles. The molecule has 3 N–H and O–H groups in total. The van der Waals surface area contributed by atoms with E-state index in [2.05, 4.69) is 13.8 Å². The van der Waals surface area contributed by atoms with Crippen molar-refractivity contribution in [3.05, 3.63) is 11.3 Å². The molecule has 1 atom stereocenters. The number of carbonyl (C=O) groups is 1. The lowest BCUT2D eigenvalue weighted by Crippen LogP contribution is -2.19. The summed E-state index contributed by atoms with van der Waals surface area (Å²) < 4.78 is 0. The van der Waals surface area contributed by atoms with E-state index in [-0.39, 0.29) is 28.9 Å². The smallest absolute Gasteiger partial charge is 0.340 e. The molecular formula is C15H27NO3.